The predicted molar refractivity (Wildman–Crippen MR) is 129 cm³/mol. The summed E-state index contributed by atoms with van der Waals surface area (Å²) in [6.07, 6.45) is 0. The minimum Gasteiger partial charge on any atom is -0.379 e. The second kappa shape index (κ2) is 10.6. The van der Waals surface area contributed by atoms with E-state index < -0.39 is 0 Å². The molecule has 0 aliphatic carbocycles. The van der Waals surface area contributed by atoms with Crippen LogP contribution in [0.2, 0.25) is 0 Å². The van der Waals surface area contributed by atoms with Gasteiger partial charge in [0.2, 0.25) is 5.91 Å². The summed E-state index contributed by atoms with van der Waals surface area (Å²) >= 11 is 3.06. The summed E-state index contributed by atoms with van der Waals surface area (Å²) in [6.45, 7) is 8.87. The highest BCUT2D eigenvalue weighted by Gasteiger charge is 2.28. The van der Waals surface area contributed by atoms with Crippen molar-refractivity contribution in [3.8, 4) is 10.7 Å². The number of nitrogens with zero attached hydrogens (tertiary/aromatic N) is 4. The summed E-state index contributed by atoms with van der Waals surface area (Å²) in [5, 5.41) is 14.7. The van der Waals surface area contributed by atoms with Crippen LogP contribution in [0, 0.1) is 0 Å². The zero-order chi connectivity index (χ0) is 22.4. The van der Waals surface area contributed by atoms with E-state index in [9.17, 15) is 4.79 Å². The molecule has 0 radical (unpaired) electrons. The number of amides is 1. The Balaban J connectivity index is 1.39. The molecule has 1 aromatic carbocycles. The Kier molecular flexibility index (Phi) is 7.62. The summed E-state index contributed by atoms with van der Waals surface area (Å²) in [5.41, 5.74) is 1.06. The highest BCUT2D eigenvalue weighted by Crippen LogP contribution is 2.28. The van der Waals surface area contributed by atoms with Gasteiger partial charge in [0.15, 0.2) is 11.0 Å². The molecule has 3 aromatic rings. The van der Waals surface area contributed by atoms with Crippen molar-refractivity contribution in [2.24, 2.45) is 0 Å². The van der Waals surface area contributed by atoms with Gasteiger partial charge in [-0.25, -0.2) is 0 Å². The molecule has 4 rings (SSSR count). The zero-order valence-electron chi connectivity index (χ0n) is 18.5. The second-order valence-electron chi connectivity index (χ2n) is 8.33. The predicted octanol–water partition coefficient (Wildman–Crippen LogP) is 3.37. The topological polar surface area (TPSA) is 72.3 Å². The first-order valence-corrected chi connectivity index (χ1v) is 12.6. The fraction of sp³-hybridized carbons (Fsp3) is 0.435. The number of nitrogens with one attached hydrogen (secondary N) is 1. The van der Waals surface area contributed by atoms with Crippen LogP contribution in [-0.2, 0) is 16.1 Å². The SMILES string of the molecule is CC(C)(CNC(=O)CSc1nnc(-c2cccs2)n1Cc1ccccc1)N1CCOCC1. The Morgan fingerprint density at radius 2 is 1.94 bits per heavy atom. The van der Waals surface area contributed by atoms with Crippen LogP contribution in [-0.4, -0.2) is 69.7 Å². The molecule has 1 fully saturated rings. The summed E-state index contributed by atoms with van der Waals surface area (Å²) in [4.78, 5) is 16.1. The number of thiophene rings is 1. The Hall–Kier alpha value is -2.20. The van der Waals surface area contributed by atoms with Crippen molar-refractivity contribution in [3.05, 3.63) is 53.4 Å². The molecule has 1 aliphatic heterocycles. The molecule has 9 heteroatoms. The average molecular weight is 472 g/mol. The number of hydrogen-bond acceptors (Lipinski definition) is 7. The van der Waals surface area contributed by atoms with Gasteiger partial charge < -0.3 is 10.1 Å². The third-order valence-corrected chi connectivity index (χ3v) is 7.39. The van der Waals surface area contributed by atoms with Crippen molar-refractivity contribution in [1.29, 1.82) is 0 Å². The van der Waals surface area contributed by atoms with Crippen LogP contribution in [0.3, 0.4) is 0 Å². The Labute approximate surface area is 197 Å². The lowest BCUT2D eigenvalue weighted by molar-refractivity contribution is -0.119. The summed E-state index contributed by atoms with van der Waals surface area (Å²) in [7, 11) is 0. The van der Waals surface area contributed by atoms with E-state index in [1.807, 2.05) is 35.7 Å². The van der Waals surface area contributed by atoms with Crippen LogP contribution < -0.4 is 5.32 Å². The summed E-state index contributed by atoms with van der Waals surface area (Å²) in [6, 6.07) is 14.3. The lowest BCUT2D eigenvalue weighted by Gasteiger charge is -2.40. The fourth-order valence-corrected chi connectivity index (χ4v) is 5.15. The van der Waals surface area contributed by atoms with Gasteiger partial charge in [0.1, 0.15) is 0 Å². The maximum atomic E-state index is 12.6. The van der Waals surface area contributed by atoms with Gasteiger partial charge in [0.05, 0.1) is 30.4 Å². The zero-order valence-corrected chi connectivity index (χ0v) is 20.1. The first-order valence-electron chi connectivity index (χ1n) is 10.8. The van der Waals surface area contributed by atoms with E-state index in [4.69, 9.17) is 4.74 Å². The number of benzene rings is 1. The number of rotatable bonds is 9. The van der Waals surface area contributed by atoms with E-state index in [-0.39, 0.29) is 11.4 Å². The molecule has 7 nitrogen and oxygen atoms in total. The molecule has 1 amide bonds. The molecule has 2 aromatic heterocycles. The van der Waals surface area contributed by atoms with Crippen LogP contribution in [0.5, 0.6) is 0 Å². The second-order valence-corrected chi connectivity index (χ2v) is 10.2. The molecule has 32 heavy (non-hydrogen) atoms. The van der Waals surface area contributed by atoms with Crippen molar-refractivity contribution >= 4 is 29.0 Å². The highest BCUT2D eigenvalue weighted by molar-refractivity contribution is 7.99. The Morgan fingerprint density at radius 3 is 2.66 bits per heavy atom. The number of carbonyl (C=O) groups excluding carboxylic acids is 1. The summed E-state index contributed by atoms with van der Waals surface area (Å²) < 4.78 is 7.54. The van der Waals surface area contributed by atoms with Gasteiger partial charge in [-0.2, -0.15) is 0 Å². The lowest BCUT2D eigenvalue weighted by atomic mass is 10.0. The first-order chi connectivity index (χ1) is 15.5. The van der Waals surface area contributed by atoms with Gasteiger partial charge in [0.25, 0.3) is 0 Å². The molecule has 1 N–H and O–H groups in total. The smallest absolute Gasteiger partial charge is 0.230 e. The van der Waals surface area contributed by atoms with Gasteiger partial charge in [0, 0.05) is 25.2 Å². The molecule has 1 aliphatic rings. The number of hydrogen-bond donors (Lipinski definition) is 1. The number of thioether (sulfide) groups is 1. The van der Waals surface area contributed by atoms with Gasteiger partial charge in [-0.15, -0.1) is 21.5 Å². The van der Waals surface area contributed by atoms with Crippen LogP contribution in [0.15, 0.2) is 53.0 Å². The molecule has 0 spiro atoms. The number of morpholine rings is 1. The maximum Gasteiger partial charge on any atom is 0.230 e. The van der Waals surface area contributed by atoms with Crippen LogP contribution >= 0.6 is 23.1 Å². The van der Waals surface area contributed by atoms with E-state index in [2.05, 4.69) is 51.0 Å². The molecular weight excluding hydrogens is 442 g/mol. The quantitative estimate of drug-likeness (QED) is 0.483. The molecule has 0 atom stereocenters. The number of ether oxygens (including phenoxy) is 1. The standard InChI is InChI=1S/C23H29N5O2S2/c1-23(2,27-10-12-30-13-11-27)17-24-20(29)16-32-22-26-25-21(19-9-6-14-31-19)28(22)15-18-7-4-3-5-8-18/h3-9,14H,10-13,15-17H2,1-2H3,(H,24,29). The highest BCUT2D eigenvalue weighted by atomic mass is 32.2. The minimum absolute atomic E-state index is 0.00303. The van der Waals surface area contributed by atoms with Crippen molar-refractivity contribution in [2.75, 3.05) is 38.6 Å². The third kappa shape index (κ3) is 5.78. The van der Waals surface area contributed by atoms with Gasteiger partial charge in [-0.05, 0) is 30.9 Å². The normalized spacial score (nSPS) is 15.1. The van der Waals surface area contributed by atoms with Gasteiger partial charge in [-0.3, -0.25) is 14.3 Å². The van der Waals surface area contributed by atoms with Crippen molar-refractivity contribution in [2.45, 2.75) is 31.1 Å². The molecule has 0 saturated carbocycles. The Morgan fingerprint density at radius 1 is 1.16 bits per heavy atom. The number of aromatic nitrogens is 3. The van der Waals surface area contributed by atoms with Crippen LogP contribution in [0.25, 0.3) is 10.7 Å². The monoisotopic (exact) mass is 471 g/mol. The molecule has 1 saturated heterocycles. The van der Waals surface area contributed by atoms with Crippen molar-refractivity contribution in [1.82, 2.24) is 25.0 Å². The van der Waals surface area contributed by atoms with Crippen molar-refractivity contribution < 1.29 is 9.53 Å². The molecular formula is C23H29N5O2S2. The fourth-order valence-electron chi connectivity index (χ4n) is 3.67. The molecule has 0 unspecified atom stereocenters. The largest absolute Gasteiger partial charge is 0.379 e. The van der Waals surface area contributed by atoms with Crippen LogP contribution in [0.1, 0.15) is 19.4 Å². The lowest BCUT2D eigenvalue weighted by Crippen LogP contribution is -2.55. The molecule has 0 bridgehead atoms. The van der Waals surface area contributed by atoms with Gasteiger partial charge in [-0.1, -0.05) is 48.2 Å². The van der Waals surface area contributed by atoms with E-state index in [0.717, 1.165) is 42.2 Å². The maximum absolute atomic E-state index is 12.6. The van der Waals surface area contributed by atoms with E-state index >= 15 is 0 Å². The van der Waals surface area contributed by atoms with E-state index in [1.165, 1.54) is 17.3 Å². The Bertz CT molecular complexity index is 999. The molecule has 170 valence electrons. The first kappa shape index (κ1) is 23.0. The van der Waals surface area contributed by atoms with Crippen molar-refractivity contribution in [3.63, 3.8) is 0 Å². The minimum atomic E-state index is -0.107. The third-order valence-electron chi connectivity index (χ3n) is 5.56. The molecule has 3 heterocycles. The van der Waals surface area contributed by atoms with Gasteiger partial charge >= 0.3 is 0 Å². The summed E-state index contributed by atoms with van der Waals surface area (Å²) in [5.74, 6) is 1.14. The average Bonchev–Trinajstić information content (AvgIpc) is 3.48. The van der Waals surface area contributed by atoms with E-state index in [0.29, 0.717) is 18.8 Å². The van der Waals surface area contributed by atoms with Crippen LogP contribution in [0.4, 0.5) is 0 Å². The number of carbonyl (C=O) groups is 1. The van der Waals surface area contributed by atoms with E-state index in [1.54, 1.807) is 11.3 Å².